The lowest BCUT2D eigenvalue weighted by atomic mass is 9.78. The highest BCUT2D eigenvalue weighted by molar-refractivity contribution is 6.59. The molecule has 0 saturated heterocycles. The molecule has 0 aliphatic carbocycles. The van der Waals surface area contributed by atoms with E-state index in [0.717, 1.165) is 18.4 Å². The fourth-order valence-electron chi connectivity index (χ4n) is 1.63. The molecule has 1 aromatic rings. The summed E-state index contributed by atoms with van der Waals surface area (Å²) >= 11 is 0. The Bertz CT molecular complexity index is 377. The first kappa shape index (κ1) is 13.8. The number of benzene rings is 1. The Labute approximate surface area is 103 Å². The Morgan fingerprint density at radius 1 is 1.47 bits per heavy atom. The Balaban J connectivity index is 2.93. The minimum absolute atomic E-state index is 0.0301. The third kappa shape index (κ3) is 3.91. The molecule has 2 N–H and O–H groups in total. The van der Waals surface area contributed by atoms with Crippen molar-refractivity contribution >= 4 is 12.6 Å². The molecule has 0 aliphatic rings. The molecular formula is C13H19BO3. The summed E-state index contributed by atoms with van der Waals surface area (Å²) in [4.78, 5) is 0. The van der Waals surface area contributed by atoms with Gasteiger partial charge in [0.25, 0.3) is 0 Å². The van der Waals surface area contributed by atoms with Crippen LogP contribution in [-0.2, 0) is 6.42 Å². The van der Waals surface area contributed by atoms with Crippen molar-refractivity contribution < 1.29 is 14.8 Å². The molecule has 0 spiro atoms. The van der Waals surface area contributed by atoms with Gasteiger partial charge in [0, 0.05) is 11.9 Å². The fraction of sp³-hybridized carbons (Fsp3) is 0.385. The summed E-state index contributed by atoms with van der Waals surface area (Å²) in [5, 5.41) is 18.6. The lowest BCUT2D eigenvalue weighted by Gasteiger charge is -2.17. The van der Waals surface area contributed by atoms with Crippen LogP contribution in [-0.4, -0.2) is 23.3 Å². The van der Waals surface area contributed by atoms with Gasteiger partial charge in [0.15, 0.2) is 0 Å². The standard InChI is InChI=1S/C13H19BO3/c1-4-6-10(3)17-13-8-7-11(5-2)9-12(13)14(15)16/h4,7-10,15-16H,1,5-6H2,2-3H3/t10-/m0/s1. The van der Waals surface area contributed by atoms with Crippen LogP contribution in [0.4, 0.5) is 0 Å². The number of hydrogen-bond donors (Lipinski definition) is 2. The van der Waals surface area contributed by atoms with Crippen molar-refractivity contribution in [3.63, 3.8) is 0 Å². The summed E-state index contributed by atoms with van der Waals surface area (Å²) in [6.45, 7) is 7.59. The molecule has 17 heavy (non-hydrogen) atoms. The summed E-state index contributed by atoms with van der Waals surface area (Å²) < 4.78 is 5.66. The molecular weight excluding hydrogens is 215 g/mol. The summed E-state index contributed by atoms with van der Waals surface area (Å²) in [7, 11) is -1.51. The summed E-state index contributed by atoms with van der Waals surface area (Å²) in [5.74, 6) is 0.520. The third-order valence-electron chi connectivity index (χ3n) is 2.59. The molecule has 0 heterocycles. The van der Waals surface area contributed by atoms with Crippen LogP contribution < -0.4 is 10.2 Å². The Kier molecular flexibility index (Phi) is 5.26. The maximum Gasteiger partial charge on any atom is 0.492 e. The van der Waals surface area contributed by atoms with E-state index in [0.29, 0.717) is 11.2 Å². The Hall–Kier alpha value is -1.26. The minimum Gasteiger partial charge on any atom is -0.491 e. The highest BCUT2D eigenvalue weighted by atomic mass is 16.5. The molecule has 0 saturated carbocycles. The zero-order chi connectivity index (χ0) is 12.8. The van der Waals surface area contributed by atoms with E-state index in [2.05, 4.69) is 6.58 Å². The lowest BCUT2D eigenvalue weighted by Crippen LogP contribution is -2.33. The van der Waals surface area contributed by atoms with Crippen LogP contribution in [0.15, 0.2) is 30.9 Å². The summed E-state index contributed by atoms with van der Waals surface area (Å²) in [5.41, 5.74) is 1.47. The van der Waals surface area contributed by atoms with E-state index in [1.807, 2.05) is 19.9 Å². The zero-order valence-electron chi connectivity index (χ0n) is 10.4. The maximum atomic E-state index is 9.32. The molecule has 0 amide bonds. The monoisotopic (exact) mass is 234 g/mol. The predicted molar refractivity (Wildman–Crippen MR) is 70.5 cm³/mol. The van der Waals surface area contributed by atoms with Gasteiger partial charge in [0.1, 0.15) is 5.75 Å². The smallest absolute Gasteiger partial charge is 0.491 e. The maximum absolute atomic E-state index is 9.32. The van der Waals surface area contributed by atoms with Gasteiger partial charge in [-0.2, -0.15) is 0 Å². The molecule has 4 heteroatoms. The van der Waals surface area contributed by atoms with Crippen LogP contribution in [0.5, 0.6) is 5.75 Å². The van der Waals surface area contributed by atoms with Gasteiger partial charge in [0.2, 0.25) is 0 Å². The van der Waals surface area contributed by atoms with Crippen LogP contribution in [0.2, 0.25) is 0 Å². The number of hydrogen-bond acceptors (Lipinski definition) is 3. The molecule has 0 radical (unpaired) electrons. The Morgan fingerprint density at radius 2 is 2.18 bits per heavy atom. The average Bonchev–Trinajstić information content (AvgIpc) is 2.29. The van der Waals surface area contributed by atoms with Gasteiger partial charge in [-0.25, -0.2) is 0 Å². The van der Waals surface area contributed by atoms with Crippen LogP contribution in [0.3, 0.4) is 0 Å². The number of aryl methyl sites for hydroxylation is 1. The molecule has 0 bridgehead atoms. The molecule has 0 fully saturated rings. The molecule has 1 atom stereocenters. The normalized spacial score (nSPS) is 12.0. The van der Waals surface area contributed by atoms with E-state index in [4.69, 9.17) is 4.74 Å². The van der Waals surface area contributed by atoms with Crippen molar-refractivity contribution in [2.45, 2.75) is 32.8 Å². The van der Waals surface area contributed by atoms with E-state index in [1.165, 1.54) is 0 Å². The van der Waals surface area contributed by atoms with Gasteiger partial charge in [-0.05, 0) is 25.0 Å². The first-order valence-electron chi connectivity index (χ1n) is 5.85. The molecule has 3 nitrogen and oxygen atoms in total. The van der Waals surface area contributed by atoms with Crippen molar-refractivity contribution in [1.82, 2.24) is 0 Å². The van der Waals surface area contributed by atoms with Crippen molar-refractivity contribution in [2.75, 3.05) is 0 Å². The number of ether oxygens (including phenoxy) is 1. The summed E-state index contributed by atoms with van der Waals surface area (Å²) in [6.07, 6.45) is 3.32. The first-order chi connectivity index (χ1) is 8.08. The molecule has 0 aromatic heterocycles. The number of rotatable bonds is 6. The lowest BCUT2D eigenvalue weighted by molar-refractivity contribution is 0.226. The van der Waals surface area contributed by atoms with Crippen LogP contribution >= 0.6 is 0 Å². The predicted octanol–water partition coefficient (Wildman–Crippen LogP) is 1.27. The topological polar surface area (TPSA) is 49.7 Å². The van der Waals surface area contributed by atoms with E-state index >= 15 is 0 Å². The Morgan fingerprint density at radius 3 is 2.71 bits per heavy atom. The molecule has 1 rings (SSSR count). The SMILES string of the molecule is C=CC[C@H](C)Oc1ccc(CC)cc1B(O)O. The second-order valence-electron chi connectivity index (χ2n) is 4.05. The first-order valence-corrected chi connectivity index (χ1v) is 5.85. The van der Waals surface area contributed by atoms with Gasteiger partial charge in [-0.1, -0.05) is 25.1 Å². The van der Waals surface area contributed by atoms with Crippen LogP contribution in [0.1, 0.15) is 25.8 Å². The molecule has 92 valence electrons. The third-order valence-corrected chi connectivity index (χ3v) is 2.59. The van der Waals surface area contributed by atoms with E-state index < -0.39 is 7.12 Å². The van der Waals surface area contributed by atoms with Gasteiger partial charge in [0.05, 0.1) is 6.10 Å². The fourth-order valence-corrected chi connectivity index (χ4v) is 1.63. The zero-order valence-corrected chi connectivity index (χ0v) is 10.4. The highest BCUT2D eigenvalue weighted by Gasteiger charge is 2.18. The molecule has 0 aliphatic heterocycles. The van der Waals surface area contributed by atoms with Gasteiger partial charge in [-0.3, -0.25) is 0 Å². The average molecular weight is 234 g/mol. The van der Waals surface area contributed by atoms with E-state index in [1.54, 1.807) is 18.2 Å². The van der Waals surface area contributed by atoms with Gasteiger partial charge < -0.3 is 14.8 Å². The minimum atomic E-state index is -1.51. The van der Waals surface area contributed by atoms with E-state index in [-0.39, 0.29) is 6.10 Å². The largest absolute Gasteiger partial charge is 0.492 e. The van der Waals surface area contributed by atoms with Crippen molar-refractivity contribution in [1.29, 1.82) is 0 Å². The quantitative estimate of drug-likeness (QED) is 0.575. The second-order valence-corrected chi connectivity index (χ2v) is 4.05. The molecule has 1 aromatic carbocycles. The van der Waals surface area contributed by atoms with Gasteiger partial charge >= 0.3 is 7.12 Å². The van der Waals surface area contributed by atoms with E-state index in [9.17, 15) is 10.0 Å². The second kappa shape index (κ2) is 6.47. The molecule has 0 unspecified atom stereocenters. The highest BCUT2D eigenvalue weighted by Crippen LogP contribution is 2.14. The van der Waals surface area contributed by atoms with Crippen molar-refractivity contribution in [3.8, 4) is 5.75 Å². The van der Waals surface area contributed by atoms with Crippen LogP contribution in [0.25, 0.3) is 0 Å². The van der Waals surface area contributed by atoms with Crippen molar-refractivity contribution in [3.05, 3.63) is 36.4 Å². The summed E-state index contributed by atoms with van der Waals surface area (Å²) in [6, 6.07) is 5.48. The van der Waals surface area contributed by atoms with Crippen molar-refractivity contribution in [2.24, 2.45) is 0 Å². The van der Waals surface area contributed by atoms with Gasteiger partial charge in [-0.15, -0.1) is 6.58 Å². The van der Waals surface area contributed by atoms with Crippen LogP contribution in [0, 0.1) is 0 Å².